The Morgan fingerprint density at radius 2 is 2.00 bits per heavy atom. The fourth-order valence-corrected chi connectivity index (χ4v) is 1.87. The van der Waals surface area contributed by atoms with Crippen molar-refractivity contribution in [3.63, 3.8) is 0 Å². The van der Waals surface area contributed by atoms with Crippen LogP contribution < -0.4 is 5.32 Å². The Morgan fingerprint density at radius 3 is 2.61 bits per heavy atom. The maximum Gasteiger partial charge on any atom is 0.0857 e. The van der Waals surface area contributed by atoms with Crippen molar-refractivity contribution in [2.45, 2.75) is 13.8 Å². The molecule has 0 aromatic heterocycles. The van der Waals surface area contributed by atoms with E-state index in [1.807, 2.05) is 32.0 Å². The zero-order valence-electron chi connectivity index (χ0n) is 10.8. The largest absolute Gasteiger partial charge is 0.352 e. The van der Waals surface area contributed by atoms with Crippen LogP contribution in [-0.4, -0.2) is 19.0 Å². The highest BCUT2D eigenvalue weighted by molar-refractivity contribution is 6.16. The lowest BCUT2D eigenvalue weighted by Gasteiger charge is -2.07. The van der Waals surface area contributed by atoms with Crippen LogP contribution in [0.4, 0.5) is 0 Å². The molecule has 2 rings (SSSR count). The van der Waals surface area contributed by atoms with E-state index in [2.05, 4.69) is 40.2 Å². The Bertz CT molecular complexity index is 536. The van der Waals surface area contributed by atoms with Gasteiger partial charge in [-0.05, 0) is 32.2 Å². The maximum atomic E-state index is 4.48. The van der Waals surface area contributed by atoms with Crippen LogP contribution in [-0.2, 0) is 0 Å². The van der Waals surface area contributed by atoms with Crippen LogP contribution in [0.5, 0.6) is 0 Å². The summed E-state index contributed by atoms with van der Waals surface area (Å²) in [6.45, 7) is 8.28. The summed E-state index contributed by atoms with van der Waals surface area (Å²) in [4.78, 5) is 8.47. The molecule has 1 aliphatic rings. The highest BCUT2D eigenvalue weighted by atomic mass is 15.0. The van der Waals surface area contributed by atoms with E-state index in [1.54, 1.807) is 0 Å². The lowest BCUT2D eigenvalue weighted by Crippen LogP contribution is -2.11. The topological polar surface area (TPSA) is 36.8 Å². The number of nitrogens with zero attached hydrogens (tertiary/aromatic N) is 2. The summed E-state index contributed by atoms with van der Waals surface area (Å²) in [5.74, 6) is 0. The summed E-state index contributed by atoms with van der Waals surface area (Å²) in [7, 11) is 0. The summed E-state index contributed by atoms with van der Waals surface area (Å²) in [5.41, 5.74) is 4.96. The van der Waals surface area contributed by atoms with Gasteiger partial charge in [-0.3, -0.25) is 9.98 Å². The first-order valence-corrected chi connectivity index (χ1v) is 6.02. The first kappa shape index (κ1) is 12.3. The third-order valence-electron chi connectivity index (χ3n) is 2.81. The third kappa shape index (κ3) is 2.40. The average molecular weight is 239 g/mol. The molecule has 0 saturated carbocycles. The van der Waals surface area contributed by atoms with Crippen LogP contribution in [0.15, 0.2) is 57.8 Å². The second-order valence-corrected chi connectivity index (χ2v) is 4.03. The quantitative estimate of drug-likeness (QED) is 0.809. The van der Waals surface area contributed by atoms with Gasteiger partial charge in [0.05, 0.1) is 17.1 Å². The summed E-state index contributed by atoms with van der Waals surface area (Å²) < 4.78 is 0. The minimum atomic E-state index is 0.753. The van der Waals surface area contributed by atoms with Crippen LogP contribution in [0.2, 0.25) is 0 Å². The number of rotatable bonds is 3. The number of benzene rings is 1. The second-order valence-electron chi connectivity index (χ2n) is 4.03. The summed E-state index contributed by atoms with van der Waals surface area (Å²) in [6, 6.07) is 10.2. The highest BCUT2D eigenvalue weighted by Crippen LogP contribution is 2.22. The van der Waals surface area contributed by atoms with Crippen molar-refractivity contribution in [2.75, 3.05) is 6.54 Å². The van der Waals surface area contributed by atoms with Gasteiger partial charge in [0.15, 0.2) is 0 Å². The monoisotopic (exact) mass is 239 g/mol. The van der Waals surface area contributed by atoms with Gasteiger partial charge < -0.3 is 5.32 Å². The molecule has 0 fully saturated rings. The van der Waals surface area contributed by atoms with Gasteiger partial charge in [0.1, 0.15) is 0 Å². The summed E-state index contributed by atoms with van der Waals surface area (Å²) in [5, 5.41) is 3.37. The van der Waals surface area contributed by atoms with Crippen molar-refractivity contribution in [1.29, 1.82) is 0 Å². The SMILES string of the molecule is C=N/C(C)=C1/NC(c2ccccc2)=CC1=NCC. The molecule has 3 nitrogen and oxygen atoms in total. The standard InChI is InChI=1S/C15H17N3/c1-4-17-14-10-13(12-8-6-5-7-9-12)18-15(14)11(2)16-3/h5-10,18H,3-4H2,1-2H3/b15-11+,17-14?. The van der Waals surface area contributed by atoms with Crippen LogP contribution in [0.1, 0.15) is 19.4 Å². The number of hydrogen-bond donors (Lipinski definition) is 1. The fraction of sp³-hybridized carbons (Fsp3) is 0.200. The van der Waals surface area contributed by atoms with E-state index >= 15 is 0 Å². The Balaban J connectivity index is 2.41. The molecule has 1 aliphatic heterocycles. The smallest absolute Gasteiger partial charge is 0.0857 e. The fourth-order valence-electron chi connectivity index (χ4n) is 1.87. The molecule has 0 radical (unpaired) electrons. The second kappa shape index (κ2) is 5.45. The highest BCUT2D eigenvalue weighted by Gasteiger charge is 2.18. The van der Waals surface area contributed by atoms with E-state index in [4.69, 9.17) is 0 Å². The van der Waals surface area contributed by atoms with E-state index in [0.29, 0.717) is 0 Å². The molecule has 1 heterocycles. The predicted molar refractivity (Wildman–Crippen MR) is 77.8 cm³/mol. The van der Waals surface area contributed by atoms with E-state index in [9.17, 15) is 0 Å². The van der Waals surface area contributed by atoms with Gasteiger partial charge in [-0.25, -0.2) is 0 Å². The molecule has 1 aromatic carbocycles. The Hall–Kier alpha value is -2.16. The van der Waals surface area contributed by atoms with Gasteiger partial charge in [-0.1, -0.05) is 30.3 Å². The summed E-state index contributed by atoms with van der Waals surface area (Å²) >= 11 is 0. The Kier molecular flexibility index (Phi) is 3.72. The molecule has 0 unspecified atom stereocenters. The molecular formula is C15H17N3. The van der Waals surface area contributed by atoms with Crippen molar-refractivity contribution < 1.29 is 0 Å². The van der Waals surface area contributed by atoms with Crippen LogP contribution in [0.3, 0.4) is 0 Å². The van der Waals surface area contributed by atoms with Crippen molar-refractivity contribution in [1.82, 2.24) is 5.32 Å². The van der Waals surface area contributed by atoms with Crippen LogP contribution >= 0.6 is 0 Å². The molecule has 1 N–H and O–H groups in total. The zero-order valence-corrected chi connectivity index (χ0v) is 10.8. The molecule has 0 bridgehead atoms. The normalized spacial score (nSPS) is 19.4. The lowest BCUT2D eigenvalue weighted by atomic mass is 10.1. The Morgan fingerprint density at radius 1 is 1.28 bits per heavy atom. The van der Waals surface area contributed by atoms with Gasteiger partial charge in [-0.15, -0.1) is 0 Å². The number of allylic oxidation sites excluding steroid dienone is 2. The minimum absolute atomic E-state index is 0.753. The number of hydrogen-bond acceptors (Lipinski definition) is 3. The lowest BCUT2D eigenvalue weighted by molar-refractivity contribution is 1.09. The van der Waals surface area contributed by atoms with E-state index in [1.165, 1.54) is 0 Å². The van der Waals surface area contributed by atoms with Crippen molar-refractivity contribution in [2.24, 2.45) is 9.98 Å². The minimum Gasteiger partial charge on any atom is -0.352 e. The molecule has 0 aliphatic carbocycles. The molecule has 18 heavy (non-hydrogen) atoms. The predicted octanol–water partition coefficient (Wildman–Crippen LogP) is 3.02. The number of aliphatic imine (C=N–C) groups is 2. The molecule has 0 spiro atoms. The van der Waals surface area contributed by atoms with E-state index < -0.39 is 0 Å². The van der Waals surface area contributed by atoms with Gasteiger partial charge in [0.2, 0.25) is 0 Å². The van der Waals surface area contributed by atoms with E-state index in [0.717, 1.165) is 34.9 Å². The van der Waals surface area contributed by atoms with Crippen LogP contribution in [0.25, 0.3) is 5.70 Å². The first-order valence-electron chi connectivity index (χ1n) is 6.02. The summed E-state index contributed by atoms with van der Waals surface area (Å²) in [6.07, 6.45) is 2.06. The molecule has 1 aromatic rings. The molecular weight excluding hydrogens is 222 g/mol. The molecule has 0 saturated heterocycles. The van der Waals surface area contributed by atoms with Gasteiger partial charge in [0, 0.05) is 12.2 Å². The average Bonchev–Trinajstić information content (AvgIpc) is 2.83. The molecule has 92 valence electrons. The van der Waals surface area contributed by atoms with Gasteiger partial charge in [0.25, 0.3) is 0 Å². The Labute approximate surface area is 108 Å². The van der Waals surface area contributed by atoms with Crippen molar-refractivity contribution >= 4 is 18.1 Å². The first-order chi connectivity index (χ1) is 8.76. The van der Waals surface area contributed by atoms with Crippen molar-refractivity contribution in [3.05, 3.63) is 53.4 Å². The van der Waals surface area contributed by atoms with Crippen LogP contribution in [0, 0.1) is 0 Å². The van der Waals surface area contributed by atoms with E-state index in [-0.39, 0.29) is 0 Å². The van der Waals surface area contributed by atoms with Crippen molar-refractivity contribution in [3.8, 4) is 0 Å². The molecule has 0 atom stereocenters. The zero-order chi connectivity index (χ0) is 13.0. The molecule has 0 amide bonds. The van der Waals surface area contributed by atoms with Gasteiger partial charge in [-0.2, -0.15) is 0 Å². The third-order valence-corrected chi connectivity index (χ3v) is 2.81. The maximum absolute atomic E-state index is 4.48. The molecule has 3 heteroatoms. The van der Waals surface area contributed by atoms with Gasteiger partial charge >= 0.3 is 0 Å². The number of nitrogens with one attached hydrogen (secondary N) is 1.